The first kappa shape index (κ1) is 21.7. The fourth-order valence-corrected chi connectivity index (χ4v) is 6.32. The zero-order chi connectivity index (χ0) is 21.8. The summed E-state index contributed by atoms with van der Waals surface area (Å²) in [4.78, 5) is 4.87. The number of hydrogen-bond acceptors (Lipinski definition) is 6. The molecule has 2 unspecified atom stereocenters. The lowest BCUT2D eigenvalue weighted by molar-refractivity contribution is 0.222. The van der Waals surface area contributed by atoms with Gasteiger partial charge in [-0.1, -0.05) is 56.3 Å². The number of hydrazone groups is 1. The molecule has 2 aromatic carbocycles. The fraction of sp³-hybridized carbons (Fsp3) is 0.304. The smallest absolute Gasteiger partial charge is 0.243 e. The third kappa shape index (κ3) is 5.20. The lowest BCUT2D eigenvalue weighted by atomic mass is 9.94. The van der Waals surface area contributed by atoms with E-state index in [1.807, 2.05) is 41.8 Å². The van der Waals surface area contributed by atoms with Crippen molar-refractivity contribution >= 4 is 32.7 Å². The summed E-state index contributed by atoms with van der Waals surface area (Å²) in [6.45, 7) is 5.36. The van der Waals surface area contributed by atoms with Gasteiger partial charge in [0.1, 0.15) is 0 Å². The van der Waals surface area contributed by atoms with Crippen molar-refractivity contribution in [2.45, 2.75) is 25.2 Å². The van der Waals surface area contributed by atoms with Crippen LogP contribution in [0.3, 0.4) is 0 Å². The van der Waals surface area contributed by atoms with Crippen molar-refractivity contribution in [1.82, 2.24) is 9.29 Å². The van der Waals surface area contributed by atoms with E-state index in [4.69, 9.17) is 0 Å². The van der Waals surface area contributed by atoms with Crippen LogP contribution in [0.2, 0.25) is 0 Å². The highest BCUT2D eigenvalue weighted by molar-refractivity contribution is 7.89. The SMILES string of the molecule is CC1CC(C)CN(S(=O)(=O)c2cccc(-c3csc(N/N=C/c4ccccc4)n3)c2)C1. The van der Waals surface area contributed by atoms with Crippen molar-refractivity contribution in [3.05, 3.63) is 65.5 Å². The summed E-state index contributed by atoms with van der Waals surface area (Å²) in [6.07, 6.45) is 2.79. The van der Waals surface area contributed by atoms with Crippen LogP contribution in [-0.4, -0.2) is 37.0 Å². The van der Waals surface area contributed by atoms with E-state index in [-0.39, 0.29) is 0 Å². The normalized spacial score (nSPS) is 20.2. The first-order chi connectivity index (χ1) is 14.9. The fourth-order valence-electron chi connectivity index (χ4n) is 3.93. The van der Waals surface area contributed by atoms with E-state index in [9.17, 15) is 8.42 Å². The van der Waals surface area contributed by atoms with Crippen LogP contribution in [0.25, 0.3) is 11.3 Å². The minimum atomic E-state index is -3.53. The van der Waals surface area contributed by atoms with E-state index in [0.29, 0.717) is 35.0 Å². The molecule has 0 bridgehead atoms. The molecule has 1 saturated heterocycles. The molecule has 0 amide bonds. The summed E-state index contributed by atoms with van der Waals surface area (Å²) < 4.78 is 28.1. The van der Waals surface area contributed by atoms with Crippen molar-refractivity contribution < 1.29 is 8.42 Å². The maximum Gasteiger partial charge on any atom is 0.243 e. The van der Waals surface area contributed by atoms with Crippen molar-refractivity contribution in [3.8, 4) is 11.3 Å². The Balaban J connectivity index is 1.50. The standard InChI is InChI=1S/C23H26N4O2S2/c1-17-11-18(2)15-27(14-17)31(28,29)21-10-6-9-20(12-21)22-16-30-23(25-22)26-24-13-19-7-4-3-5-8-19/h3-10,12-13,16-18H,11,14-15H2,1-2H3,(H,25,26)/b24-13+. The van der Waals surface area contributed by atoms with Crippen molar-refractivity contribution in [1.29, 1.82) is 0 Å². The van der Waals surface area contributed by atoms with Gasteiger partial charge in [0.15, 0.2) is 0 Å². The molecule has 0 radical (unpaired) electrons. The number of benzene rings is 2. The topological polar surface area (TPSA) is 74.7 Å². The van der Waals surface area contributed by atoms with E-state index in [0.717, 1.165) is 23.2 Å². The van der Waals surface area contributed by atoms with Crippen LogP contribution in [0.4, 0.5) is 5.13 Å². The van der Waals surface area contributed by atoms with Gasteiger partial charge in [-0.15, -0.1) is 11.3 Å². The van der Waals surface area contributed by atoms with E-state index < -0.39 is 10.0 Å². The molecule has 31 heavy (non-hydrogen) atoms. The van der Waals surface area contributed by atoms with E-state index in [1.54, 1.807) is 28.7 Å². The Morgan fingerprint density at radius 2 is 1.84 bits per heavy atom. The Labute approximate surface area is 187 Å². The number of nitrogens with one attached hydrogen (secondary N) is 1. The molecule has 2 heterocycles. The number of thiazole rings is 1. The molecule has 1 aliphatic rings. The lowest BCUT2D eigenvalue weighted by Gasteiger charge is -2.34. The first-order valence-electron chi connectivity index (χ1n) is 10.3. The number of sulfonamides is 1. The van der Waals surface area contributed by atoms with Crippen LogP contribution in [0, 0.1) is 11.8 Å². The average molecular weight is 455 g/mol. The maximum absolute atomic E-state index is 13.2. The van der Waals surface area contributed by atoms with Crippen LogP contribution in [0.15, 0.2) is 70.0 Å². The highest BCUT2D eigenvalue weighted by atomic mass is 32.2. The average Bonchev–Trinajstić information content (AvgIpc) is 3.23. The molecule has 0 spiro atoms. The van der Waals surface area contributed by atoms with Gasteiger partial charge in [0.2, 0.25) is 15.2 Å². The van der Waals surface area contributed by atoms with Gasteiger partial charge in [-0.25, -0.2) is 13.4 Å². The summed E-state index contributed by atoms with van der Waals surface area (Å²) in [7, 11) is -3.53. The Bertz CT molecular complexity index is 1150. The molecule has 1 aliphatic heterocycles. The van der Waals surface area contributed by atoms with Gasteiger partial charge in [-0.3, -0.25) is 5.43 Å². The molecular formula is C23H26N4O2S2. The Morgan fingerprint density at radius 3 is 2.58 bits per heavy atom. The highest BCUT2D eigenvalue weighted by Gasteiger charge is 2.31. The Kier molecular flexibility index (Phi) is 6.50. The Hall–Kier alpha value is -2.55. The predicted octanol–water partition coefficient (Wildman–Crippen LogP) is 4.92. The molecule has 8 heteroatoms. The molecule has 162 valence electrons. The Morgan fingerprint density at radius 1 is 1.10 bits per heavy atom. The van der Waals surface area contributed by atoms with Crippen LogP contribution < -0.4 is 5.43 Å². The van der Waals surface area contributed by atoms with E-state index >= 15 is 0 Å². The van der Waals surface area contributed by atoms with Crippen molar-refractivity contribution in [3.63, 3.8) is 0 Å². The van der Waals surface area contributed by atoms with Gasteiger partial charge < -0.3 is 0 Å². The summed E-state index contributed by atoms with van der Waals surface area (Å²) in [5, 5.41) is 6.77. The number of aromatic nitrogens is 1. The molecule has 1 aromatic heterocycles. The third-order valence-corrected chi connectivity index (χ3v) is 7.86. The largest absolute Gasteiger partial charge is 0.253 e. The second-order valence-electron chi connectivity index (χ2n) is 8.11. The lowest BCUT2D eigenvalue weighted by Crippen LogP contribution is -2.42. The second kappa shape index (κ2) is 9.30. The van der Waals surface area contributed by atoms with Gasteiger partial charge in [-0.05, 0) is 36.0 Å². The predicted molar refractivity (Wildman–Crippen MR) is 127 cm³/mol. The van der Waals surface area contributed by atoms with Gasteiger partial charge in [-0.2, -0.15) is 9.41 Å². The van der Waals surface area contributed by atoms with Crippen LogP contribution >= 0.6 is 11.3 Å². The summed E-state index contributed by atoms with van der Waals surface area (Å²) in [5.41, 5.74) is 5.43. The first-order valence-corrected chi connectivity index (χ1v) is 12.6. The zero-order valence-electron chi connectivity index (χ0n) is 17.6. The number of hydrogen-bond donors (Lipinski definition) is 1. The van der Waals surface area contributed by atoms with Crippen molar-refractivity contribution in [2.75, 3.05) is 18.5 Å². The molecule has 2 atom stereocenters. The molecule has 6 nitrogen and oxygen atoms in total. The maximum atomic E-state index is 13.2. The van der Waals surface area contributed by atoms with Gasteiger partial charge in [0.05, 0.1) is 16.8 Å². The molecule has 1 N–H and O–H groups in total. The van der Waals surface area contributed by atoms with Crippen LogP contribution in [0.1, 0.15) is 25.8 Å². The minimum Gasteiger partial charge on any atom is -0.253 e. The summed E-state index contributed by atoms with van der Waals surface area (Å²) in [6, 6.07) is 16.8. The van der Waals surface area contributed by atoms with Crippen LogP contribution in [0.5, 0.6) is 0 Å². The number of anilines is 1. The minimum absolute atomic E-state index is 0.316. The second-order valence-corrected chi connectivity index (χ2v) is 10.9. The summed E-state index contributed by atoms with van der Waals surface area (Å²) >= 11 is 1.43. The zero-order valence-corrected chi connectivity index (χ0v) is 19.2. The molecule has 1 fully saturated rings. The summed E-state index contributed by atoms with van der Waals surface area (Å²) in [5.74, 6) is 0.732. The molecule has 3 aromatic rings. The van der Waals surface area contributed by atoms with E-state index in [2.05, 4.69) is 29.4 Å². The van der Waals surface area contributed by atoms with Gasteiger partial charge in [0.25, 0.3) is 0 Å². The molecular weight excluding hydrogens is 428 g/mol. The monoisotopic (exact) mass is 454 g/mol. The number of rotatable bonds is 6. The van der Waals surface area contributed by atoms with Gasteiger partial charge >= 0.3 is 0 Å². The molecule has 4 rings (SSSR count). The van der Waals surface area contributed by atoms with Crippen LogP contribution in [-0.2, 0) is 10.0 Å². The molecule has 0 saturated carbocycles. The van der Waals surface area contributed by atoms with E-state index in [1.165, 1.54) is 11.3 Å². The van der Waals surface area contributed by atoms with Gasteiger partial charge in [0, 0.05) is 24.0 Å². The number of nitrogens with zero attached hydrogens (tertiary/aromatic N) is 3. The van der Waals surface area contributed by atoms with Crippen molar-refractivity contribution in [2.24, 2.45) is 16.9 Å². The number of piperidine rings is 1. The highest BCUT2D eigenvalue weighted by Crippen LogP contribution is 2.30. The quantitative estimate of drug-likeness (QED) is 0.424. The third-order valence-electron chi connectivity index (χ3n) is 5.28. The molecule has 0 aliphatic carbocycles.